The van der Waals surface area contributed by atoms with Gasteiger partial charge in [-0.25, -0.2) is 4.98 Å². The molecule has 1 aromatic carbocycles. The summed E-state index contributed by atoms with van der Waals surface area (Å²) in [5.74, 6) is 0.936. The number of nitrogens with zero attached hydrogens (tertiary/aromatic N) is 2. The molecule has 4 heteroatoms. The summed E-state index contributed by atoms with van der Waals surface area (Å²) in [4.78, 5) is 4.20. The molecule has 0 amide bonds. The SMILES string of the molecule is CCNCc1ccc(-n2ccnc2C)c(Cl)c1. The van der Waals surface area contributed by atoms with Crippen LogP contribution in [0, 0.1) is 6.92 Å². The van der Waals surface area contributed by atoms with E-state index in [2.05, 4.69) is 23.3 Å². The molecule has 2 rings (SSSR count). The van der Waals surface area contributed by atoms with Gasteiger partial charge < -0.3 is 9.88 Å². The summed E-state index contributed by atoms with van der Waals surface area (Å²) >= 11 is 6.30. The van der Waals surface area contributed by atoms with E-state index in [1.165, 1.54) is 5.56 Å². The highest BCUT2D eigenvalue weighted by molar-refractivity contribution is 6.32. The molecule has 0 fully saturated rings. The van der Waals surface area contributed by atoms with E-state index >= 15 is 0 Å². The molecule has 1 N–H and O–H groups in total. The first-order chi connectivity index (χ1) is 8.22. The van der Waals surface area contributed by atoms with Crippen LogP contribution < -0.4 is 5.32 Å². The van der Waals surface area contributed by atoms with E-state index in [9.17, 15) is 0 Å². The van der Waals surface area contributed by atoms with Gasteiger partial charge in [-0.3, -0.25) is 0 Å². The average Bonchev–Trinajstić information content (AvgIpc) is 2.73. The number of aromatic nitrogens is 2. The minimum atomic E-state index is 0.751. The average molecular weight is 250 g/mol. The van der Waals surface area contributed by atoms with Crippen molar-refractivity contribution in [2.75, 3.05) is 6.54 Å². The van der Waals surface area contributed by atoms with Crippen LogP contribution >= 0.6 is 11.6 Å². The lowest BCUT2D eigenvalue weighted by Gasteiger charge is -2.09. The summed E-state index contributed by atoms with van der Waals surface area (Å²) in [6.07, 6.45) is 3.69. The molecular formula is C13H16ClN3. The van der Waals surface area contributed by atoms with Crippen molar-refractivity contribution >= 4 is 11.6 Å². The number of benzene rings is 1. The lowest BCUT2D eigenvalue weighted by Crippen LogP contribution is -2.11. The molecule has 0 unspecified atom stereocenters. The normalized spacial score (nSPS) is 10.8. The maximum absolute atomic E-state index is 6.30. The van der Waals surface area contributed by atoms with Crippen molar-refractivity contribution in [3.63, 3.8) is 0 Å². The topological polar surface area (TPSA) is 29.9 Å². The van der Waals surface area contributed by atoms with Gasteiger partial charge in [0.25, 0.3) is 0 Å². The van der Waals surface area contributed by atoms with Gasteiger partial charge in [0.15, 0.2) is 0 Å². The number of hydrogen-bond donors (Lipinski definition) is 1. The van der Waals surface area contributed by atoms with E-state index in [1.54, 1.807) is 6.20 Å². The van der Waals surface area contributed by atoms with E-state index < -0.39 is 0 Å². The minimum absolute atomic E-state index is 0.751. The van der Waals surface area contributed by atoms with Crippen molar-refractivity contribution in [3.05, 3.63) is 47.0 Å². The van der Waals surface area contributed by atoms with Gasteiger partial charge in [-0.05, 0) is 31.2 Å². The van der Waals surface area contributed by atoms with Crippen LogP contribution in [0.3, 0.4) is 0 Å². The third-order valence-corrected chi connectivity index (χ3v) is 2.98. The van der Waals surface area contributed by atoms with Gasteiger partial charge in [-0.2, -0.15) is 0 Å². The van der Waals surface area contributed by atoms with Gasteiger partial charge in [0.1, 0.15) is 5.82 Å². The van der Waals surface area contributed by atoms with Crippen LogP contribution in [-0.2, 0) is 6.54 Å². The molecule has 2 aromatic rings. The Balaban J connectivity index is 2.29. The van der Waals surface area contributed by atoms with Crippen LogP contribution in [-0.4, -0.2) is 16.1 Å². The first-order valence-electron chi connectivity index (χ1n) is 5.72. The fraction of sp³-hybridized carbons (Fsp3) is 0.308. The molecule has 3 nitrogen and oxygen atoms in total. The Hall–Kier alpha value is -1.32. The first-order valence-corrected chi connectivity index (χ1v) is 6.09. The fourth-order valence-corrected chi connectivity index (χ4v) is 2.05. The van der Waals surface area contributed by atoms with Crippen molar-refractivity contribution in [1.82, 2.24) is 14.9 Å². The third-order valence-electron chi connectivity index (χ3n) is 2.68. The van der Waals surface area contributed by atoms with Gasteiger partial charge in [-0.1, -0.05) is 24.6 Å². The van der Waals surface area contributed by atoms with Crippen LogP contribution in [0.15, 0.2) is 30.6 Å². The van der Waals surface area contributed by atoms with Crippen molar-refractivity contribution in [1.29, 1.82) is 0 Å². The number of halogens is 1. The zero-order valence-electron chi connectivity index (χ0n) is 10.1. The number of hydrogen-bond acceptors (Lipinski definition) is 2. The van der Waals surface area contributed by atoms with Gasteiger partial charge in [-0.15, -0.1) is 0 Å². The molecule has 0 saturated carbocycles. The molecule has 1 aromatic heterocycles. The summed E-state index contributed by atoms with van der Waals surface area (Å²) in [7, 11) is 0. The molecule has 90 valence electrons. The number of imidazole rings is 1. The van der Waals surface area contributed by atoms with Gasteiger partial charge in [0.05, 0.1) is 10.7 Å². The zero-order chi connectivity index (χ0) is 12.3. The summed E-state index contributed by atoms with van der Waals surface area (Å²) in [6.45, 7) is 5.85. The highest BCUT2D eigenvalue weighted by atomic mass is 35.5. The standard InChI is InChI=1S/C13H16ClN3/c1-3-15-9-11-4-5-13(12(14)8-11)17-7-6-16-10(17)2/h4-8,15H,3,9H2,1-2H3. The van der Waals surface area contributed by atoms with Crippen LogP contribution in [0.1, 0.15) is 18.3 Å². The second-order valence-electron chi connectivity index (χ2n) is 3.91. The van der Waals surface area contributed by atoms with Crippen molar-refractivity contribution in [3.8, 4) is 5.69 Å². The van der Waals surface area contributed by atoms with E-state index in [0.29, 0.717) is 0 Å². The Morgan fingerprint density at radius 1 is 1.41 bits per heavy atom. The Morgan fingerprint density at radius 3 is 2.82 bits per heavy atom. The molecule has 0 spiro atoms. The maximum Gasteiger partial charge on any atom is 0.110 e. The Morgan fingerprint density at radius 2 is 2.24 bits per heavy atom. The lowest BCUT2D eigenvalue weighted by atomic mass is 10.2. The third kappa shape index (κ3) is 2.68. The molecule has 0 aliphatic carbocycles. The van der Waals surface area contributed by atoms with Crippen molar-refractivity contribution in [2.45, 2.75) is 20.4 Å². The Labute approximate surface area is 106 Å². The second kappa shape index (κ2) is 5.34. The molecule has 1 heterocycles. The molecule has 0 atom stereocenters. The molecular weight excluding hydrogens is 234 g/mol. The molecule has 0 bridgehead atoms. The summed E-state index contributed by atoms with van der Waals surface area (Å²) in [6, 6.07) is 6.12. The predicted molar refractivity (Wildman–Crippen MR) is 70.7 cm³/mol. The number of nitrogens with one attached hydrogen (secondary N) is 1. The molecule has 17 heavy (non-hydrogen) atoms. The van der Waals surface area contributed by atoms with Gasteiger partial charge >= 0.3 is 0 Å². The van der Waals surface area contributed by atoms with Crippen LogP contribution in [0.2, 0.25) is 5.02 Å². The summed E-state index contributed by atoms with van der Waals surface area (Å²) < 4.78 is 1.99. The molecule has 0 saturated heterocycles. The number of rotatable bonds is 4. The van der Waals surface area contributed by atoms with Crippen molar-refractivity contribution < 1.29 is 0 Å². The maximum atomic E-state index is 6.30. The van der Waals surface area contributed by atoms with Crippen molar-refractivity contribution in [2.24, 2.45) is 0 Å². The van der Waals surface area contributed by atoms with Crippen LogP contribution in [0.4, 0.5) is 0 Å². The highest BCUT2D eigenvalue weighted by Gasteiger charge is 2.06. The first kappa shape index (κ1) is 12.1. The van der Waals surface area contributed by atoms with Crippen LogP contribution in [0.5, 0.6) is 0 Å². The van der Waals surface area contributed by atoms with E-state index in [-0.39, 0.29) is 0 Å². The van der Waals surface area contributed by atoms with Gasteiger partial charge in [0, 0.05) is 18.9 Å². The smallest absolute Gasteiger partial charge is 0.110 e. The monoisotopic (exact) mass is 249 g/mol. The van der Waals surface area contributed by atoms with E-state index in [0.717, 1.165) is 29.6 Å². The second-order valence-corrected chi connectivity index (χ2v) is 4.32. The van der Waals surface area contributed by atoms with Gasteiger partial charge in [0.2, 0.25) is 0 Å². The highest BCUT2D eigenvalue weighted by Crippen LogP contribution is 2.22. The predicted octanol–water partition coefficient (Wildman–Crippen LogP) is 2.94. The largest absolute Gasteiger partial charge is 0.313 e. The zero-order valence-corrected chi connectivity index (χ0v) is 10.8. The molecule has 0 aliphatic heterocycles. The molecule has 0 aliphatic rings. The van der Waals surface area contributed by atoms with E-state index in [4.69, 9.17) is 11.6 Å². The Kier molecular flexibility index (Phi) is 3.82. The number of aryl methyl sites for hydroxylation is 1. The summed E-state index contributed by atoms with van der Waals surface area (Å²) in [5.41, 5.74) is 2.17. The Bertz CT molecular complexity index is 505. The minimum Gasteiger partial charge on any atom is -0.313 e. The fourth-order valence-electron chi connectivity index (χ4n) is 1.76. The quantitative estimate of drug-likeness (QED) is 0.903. The van der Waals surface area contributed by atoms with Crippen LogP contribution in [0.25, 0.3) is 5.69 Å². The van der Waals surface area contributed by atoms with E-state index in [1.807, 2.05) is 29.8 Å². The summed E-state index contributed by atoms with van der Waals surface area (Å²) in [5, 5.41) is 4.03. The lowest BCUT2D eigenvalue weighted by molar-refractivity contribution is 0.726. The molecule has 0 radical (unpaired) electrons.